The standard InChI is InChI=1S/C34H36ClN5O4/c1-2-44-27-13-10-22(11-14-27)17-30(29-18-25(35)12-15-28(29)32(37)41)33(42)40-31(19-26-5-3-4-16-38-26)34(43)39-21-24-8-6-23(20-36)7-9-24/h3-16,18,30-31H,2,17,19-21,36H2,1H3,(H2,37,41)(H,39,43)(H,40,42)/t30-,31+/m1/s1. The smallest absolute Gasteiger partial charge is 0.249 e. The van der Waals surface area contributed by atoms with Gasteiger partial charge >= 0.3 is 0 Å². The van der Waals surface area contributed by atoms with Gasteiger partial charge in [0.25, 0.3) is 0 Å². The maximum Gasteiger partial charge on any atom is 0.249 e. The lowest BCUT2D eigenvalue weighted by atomic mass is 9.87. The van der Waals surface area contributed by atoms with Crippen molar-refractivity contribution in [2.24, 2.45) is 11.5 Å². The van der Waals surface area contributed by atoms with Crippen molar-refractivity contribution >= 4 is 29.3 Å². The molecule has 0 radical (unpaired) electrons. The average Bonchev–Trinajstić information content (AvgIpc) is 3.03. The fourth-order valence-corrected chi connectivity index (χ4v) is 5.01. The minimum atomic E-state index is -0.959. The van der Waals surface area contributed by atoms with E-state index < -0.39 is 23.8 Å². The van der Waals surface area contributed by atoms with Crippen molar-refractivity contribution in [1.82, 2.24) is 15.6 Å². The molecule has 0 unspecified atom stereocenters. The molecule has 0 fully saturated rings. The summed E-state index contributed by atoms with van der Waals surface area (Å²) < 4.78 is 5.55. The van der Waals surface area contributed by atoms with E-state index >= 15 is 0 Å². The molecule has 44 heavy (non-hydrogen) atoms. The van der Waals surface area contributed by atoms with Crippen LogP contribution in [0.2, 0.25) is 5.02 Å². The van der Waals surface area contributed by atoms with E-state index in [2.05, 4.69) is 15.6 Å². The summed E-state index contributed by atoms with van der Waals surface area (Å²) in [6, 6.07) is 24.0. The minimum Gasteiger partial charge on any atom is -0.494 e. The van der Waals surface area contributed by atoms with Gasteiger partial charge in [0, 0.05) is 42.0 Å². The Morgan fingerprint density at radius 1 is 0.886 bits per heavy atom. The number of aromatic nitrogens is 1. The second kappa shape index (κ2) is 15.7. The van der Waals surface area contributed by atoms with Gasteiger partial charge in [-0.25, -0.2) is 0 Å². The monoisotopic (exact) mass is 613 g/mol. The van der Waals surface area contributed by atoms with E-state index in [-0.39, 0.29) is 30.9 Å². The number of halogens is 1. The van der Waals surface area contributed by atoms with Crippen LogP contribution in [0.25, 0.3) is 0 Å². The Bertz CT molecular complexity index is 1560. The third-order valence-electron chi connectivity index (χ3n) is 7.14. The van der Waals surface area contributed by atoms with Crippen LogP contribution in [0.3, 0.4) is 0 Å². The molecular formula is C34H36ClN5O4. The second-order valence-electron chi connectivity index (χ2n) is 10.3. The van der Waals surface area contributed by atoms with E-state index in [4.69, 9.17) is 27.8 Å². The number of hydrogen-bond donors (Lipinski definition) is 4. The number of ether oxygens (including phenoxy) is 1. The van der Waals surface area contributed by atoms with E-state index in [1.165, 1.54) is 6.07 Å². The Kier molecular flexibility index (Phi) is 11.5. The molecule has 2 atom stereocenters. The third kappa shape index (κ3) is 8.89. The van der Waals surface area contributed by atoms with Crippen molar-refractivity contribution in [3.63, 3.8) is 0 Å². The van der Waals surface area contributed by atoms with Crippen LogP contribution in [0.15, 0.2) is 91.1 Å². The summed E-state index contributed by atoms with van der Waals surface area (Å²) in [5, 5.41) is 6.20. The zero-order valence-corrected chi connectivity index (χ0v) is 25.2. The summed E-state index contributed by atoms with van der Waals surface area (Å²) in [7, 11) is 0. The van der Waals surface area contributed by atoms with Crippen molar-refractivity contribution in [3.05, 3.63) is 130 Å². The highest BCUT2D eigenvalue weighted by Gasteiger charge is 2.30. The van der Waals surface area contributed by atoms with Crippen LogP contribution < -0.4 is 26.8 Å². The van der Waals surface area contributed by atoms with Crippen LogP contribution in [-0.4, -0.2) is 35.4 Å². The topological polar surface area (TPSA) is 149 Å². The molecule has 3 amide bonds. The van der Waals surface area contributed by atoms with Gasteiger partial charge in [0.15, 0.2) is 0 Å². The summed E-state index contributed by atoms with van der Waals surface area (Å²) >= 11 is 6.33. The lowest BCUT2D eigenvalue weighted by Gasteiger charge is -2.24. The van der Waals surface area contributed by atoms with Crippen LogP contribution in [-0.2, 0) is 35.5 Å². The van der Waals surface area contributed by atoms with Gasteiger partial charge in [-0.2, -0.15) is 0 Å². The largest absolute Gasteiger partial charge is 0.494 e. The van der Waals surface area contributed by atoms with Gasteiger partial charge in [-0.05, 0) is 78.1 Å². The van der Waals surface area contributed by atoms with Crippen molar-refractivity contribution in [1.29, 1.82) is 0 Å². The SMILES string of the molecule is CCOc1ccc(C[C@@H](C(=O)N[C@@H](Cc2ccccn2)C(=O)NCc2ccc(CN)cc2)c2cc(Cl)ccc2C(N)=O)cc1. The molecule has 0 saturated heterocycles. The predicted molar refractivity (Wildman–Crippen MR) is 170 cm³/mol. The summed E-state index contributed by atoms with van der Waals surface area (Å²) in [4.78, 5) is 44.4. The zero-order chi connectivity index (χ0) is 31.5. The summed E-state index contributed by atoms with van der Waals surface area (Å²) in [6.07, 6.45) is 1.99. The number of benzene rings is 3. The molecular weight excluding hydrogens is 578 g/mol. The van der Waals surface area contributed by atoms with Crippen LogP contribution in [0, 0.1) is 0 Å². The van der Waals surface area contributed by atoms with Crippen molar-refractivity contribution in [2.75, 3.05) is 6.61 Å². The number of nitrogens with one attached hydrogen (secondary N) is 2. The first-order valence-electron chi connectivity index (χ1n) is 14.3. The van der Waals surface area contributed by atoms with E-state index in [0.29, 0.717) is 35.2 Å². The van der Waals surface area contributed by atoms with E-state index in [9.17, 15) is 14.4 Å². The molecule has 9 nitrogen and oxygen atoms in total. The molecule has 0 aliphatic carbocycles. The minimum absolute atomic E-state index is 0.151. The van der Waals surface area contributed by atoms with E-state index in [0.717, 1.165) is 16.7 Å². The molecule has 0 spiro atoms. The Morgan fingerprint density at radius 3 is 2.23 bits per heavy atom. The van der Waals surface area contributed by atoms with Crippen LogP contribution >= 0.6 is 11.6 Å². The number of nitrogens with zero attached hydrogens (tertiary/aromatic N) is 1. The number of primary amides is 1. The van der Waals surface area contributed by atoms with Gasteiger partial charge in [-0.3, -0.25) is 19.4 Å². The fraction of sp³-hybridized carbons (Fsp3) is 0.235. The fourth-order valence-electron chi connectivity index (χ4n) is 4.83. The molecule has 228 valence electrons. The number of carbonyl (C=O) groups is 3. The quantitative estimate of drug-likeness (QED) is 0.168. The highest BCUT2D eigenvalue weighted by atomic mass is 35.5. The molecule has 1 heterocycles. The summed E-state index contributed by atoms with van der Waals surface area (Å²) in [6.45, 7) is 3.10. The number of pyridine rings is 1. The highest BCUT2D eigenvalue weighted by Crippen LogP contribution is 2.29. The Balaban J connectivity index is 1.63. The first-order chi connectivity index (χ1) is 21.3. The van der Waals surface area contributed by atoms with Crippen LogP contribution in [0.4, 0.5) is 0 Å². The zero-order valence-electron chi connectivity index (χ0n) is 24.5. The van der Waals surface area contributed by atoms with Crippen LogP contribution in [0.5, 0.6) is 5.75 Å². The van der Waals surface area contributed by atoms with Crippen LogP contribution in [0.1, 0.15) is 51.1 Å². The van der Waals surface area contributed by atoms with Crippen molar-refractivity contribution in [2.45, 2.75) is 44.8 Å². The molecule has 4 aromatic rings. The number of amides is 3. The Labute approximate surface area is 262 Å². The molecule has 1 aromatic heterocycles. The molecule has 0 aliphatic rings. The number of carbonyl (C=O) groups excluding carboxylic acids is 3. The van der Waals surface area contributed by atoms with Gasteiger partial charge in [0.1, 0.15) is 11.8 Å². The highest BCUT2D eigenvalue weighted by molar-refractivity contribution is 6.30. The average molecular weight is 614 g/mol. The molecule has 3 aromatic carbocycles. The number of hydrogen-bond acceptors (Lipinski definition) is 6. The number of rotatable bonds is 14. The molecule has 0 saturated carbocycles. The molecule has 0 bridgehead atoms. The first-order valence-corrected chi connectivity index (χ1v) is 14.7. The van der Waals surface area contributed by atoms with Gasteiger partial charge < -0.3 is 26.8 Å². The van der Waals surface area contributed by atoms with Gasteiger partial charge in [0.2, 0.25) is 17.7 Å². The Morgan fingerprint density at radius 2 is 1.59 bits per heavy atom. The third-order valence-corrected chi connectivity index (χ3v) is 7.38. The molecule has 6 N–H and O–H groups in total. The normalized spacial score (nSPS) is 12.2. The molecule has 4 rings (SSSR count). The maximum atomic E-state index is 14.1. The van der Waals surface area contributed by atoms with Crippen molar-refractivity contribution < 1.29 is 19.1 Å². The lowest BCUT2D eigenvalue weighted by molar-refractivity contribution is -0.129. The lowest BCUT2D eigenvalue weighted by Crippen LogP contribution is -2.49. The maximum absolute atomic E-state index is 14.1. The molecule has 10 heteroatoms. The van der Waals surface area contributed by atoms with Gasteiger partial charge in [-0.15, -0.1) is 0 Å². The number of nitrogens with two attached hydrogens (primary N) is 2. The second-order valence-corrected chi connectivity index (χ2v) is 10.7. The first kappa shape index (κ1) is 32.2. The van der Waals surface area contributed by atoms with E-state index in [1.807, 2.05) is 61.5 Å². The van der Waals surface area contributed by atoms with Crippen molar-refractivity contribution in [3.8, 4) is 5.75 Å². The summed E-state index contributed by atoms with van der Waals surface area (Å²) in [5.74, 6) is -1.73. The van der Waals surface area contributed by atoms with E-state index in [1.54, 1.807) is 30.5 Å². The summed E-state index contributed by atoms with van der Waals surface area (Å²) in [5.41, 5.74) is 15.3. The predicted octanol–water partition coefficient (Wildman–Crippen LogP) is 4.06. The van der Waals surface area contributed by atoms with Gasteiger partial charge in [0.05, 0.1) is 12.5 Å². The molecule has 0 aliphatic heterocycles. The van der Waals surface area contributed by atoms with Gasteiger partial charge in [-0.1, -0.05) is 54.1 Å². The Hall–Kier alpha value is -4.73.